The Labute approximate surface area is 167 Å². The average Bonchev–Trinajstić information content (AvgIpc) is 2.65. The first-order chi connectivity index (χ1) is 13.3. The minimum atomic E-state index is -0.422. The van der Waals surface area contributed by atoms with Crippen LogP contribution >= 0.6 is 0 Å². The van der Waals surface area contributed by atoms with Gasteiger partial charge in [0.15, 0.2) is 0 Å². The molecular weight excluding hydrogens is 352 g/mol. The molecule has 28 heavy (non-hydrogen) atoms. The highest BCUT2D eigenvalue weighted by Crippen LogP contribution is 2.22. The first-order valence-electron chi connectivity index (χ1n) is 9.75. The number of nitrogens with zero attached hydrogens (tertiary/aromatic N) is 3. The number of amides is 1. The van der Waals surface area contributed by atoms with E-state index in [0.29, 0.717) is 6.04 Å². The number of likely N-dealkylation sites (tertiary alicyclic amines) is 1. The van der Waals surface area contributed by atoms with E-state index in [1.807, 2.05) is 51.1 Å². The Balaban J connectivity index is 1.58. The van der Waals surface area contributed by atoms with E-state index in [-0.39, 0.29) is 5.91 Å². The molecule has 1 saturated heterocycles. The summed E-state index contributed by atoms with van der Waals surface area (Å²) in [6, 6.07) is 9.97. The molecule has 1 aliphatic rings. The lowest BCUT2D eigenvalue weighted by atomic mass is 9.95. The van der Waals surface area contributed by atoms with Crippen molar-refractivity contribution in [3.63, 3.8) is 0 Å². The molecule has 150 valence electrons. The molecule has 0 aliphatic carbocycles. The van der Waals surface area contributed by atoms with Crippen molar-refractivity contribution in [2.24, 2.45) is 5.41 Å². The summed E-state index contributed by atoms with van der Waals surface area (Å²) in [7, 11) is 2.16. The lowest BCUT2D eigenvalue weighted by Crippen LogP contribution is -2.36. The van der Waals surface area contributed by atoms with Crippen LogP contribution in [0, 0.1) is 5.41 Å². The van der Waals surface area contributed by atoms with Crippen LogP contribution in [-0.4, -0.2) is 47.0 Å². The van der Waals surface area contributed by atoms with Crippen molar-refractivity contribution in [1.82, 2.24) is 14.9 Å². The van der Waals surface area contributed by atoms with Crippen molar-refractivity contribution >= 4 is 28.9 Å². The molecule has 1 aromatic carbocycles. The van der Waals surface area contributed by atoms with Gasteiger partial charge in [-0.25, -0.2) is 9.97 Å². The summed E-state index contributed by atoms with van der Waals surface area (Å²) in [6.07, 6.45) is 3.80. The molecule has 0 saturated carbocycles. The molecule has 1 amide bonds. The topological polar surface area (TPSA) is 82.2 Å². The summed E-state index contributed by atoms with van der Waals surface area (Å²) in [5, 5.41) is 9.72. The zero-order valence-corrected chi connectivity index (χ0v) is 17.1. The molecule has 1 aromatic heterocycles. The quantitative estimate of drug-likeness (QED) is 0.731. The van der Waals surface area contributed by atoms with Crippen LogP contribution in [0.3, 0.4) is 0 Å². The van der Waals surface area contributed by atoms with Gasteiger partial charge in [-0.3, -0.25) is 4.79 Å². The fraction of sp³-hybridized carbons (Fsp3) is 0.476. The van der Waals surface area contributed by atoms with Gasteiger partial charge < -0.3 is 20.9 Å². The van der Waals surface area contributed by atoms with Gasteiger partial charge >= 0.3 is 0 Å². The molecule has 0 bridgehead atoms. The molecule has 1 aliphatic heterocycles. The number of aromatic nitrogens is 2. The number of piperidine rings is 1. The number of anilines is 4. The molecule has 2 heterocycles. The summed E-state index contributed by atoms with van der Waals surface area (Å²) in [6.45, 7) is 7.89. The lowest BCUT2D eigenvalue weighted by molar-refractivity contribution is -0.123. The Morgan fingerprint density at radius 1 is 1.04 bits per heavy atom. The Kier molecular flexibility index (Phi) is 6.14. The predicted molar refractivity (Wildman–Crippen MR) is 114 cm³/mol. The maximum absolute atomic E-state index is 12.1. The van der Waals surface area contributed by atoms with Crippen LogP contribution in [0.1, 0.15) is 33.6 Å². The number of carbonyl (C=O) groups excluding carboxylic acids is 1. The number of hydrogen-bond donors (Lipinski definition) is 3. The SMILES string of the molecule is CN1CCC(Nc2cc(Nc3ccc(NC(=O)C(C)(C)C)cc3)ncn2)CC1. The Morgan fingerprint density at radius 3 is 2.29 bits per heavy atom. The molecular formula is C21H30N6O. The third kappa shape index (κ3) is 5.66. The molecule has 0 unspecified atom stereocenters. The Bertz CT molecular complexity index is 791. The number of benzene rings is 1. The zero-order chi connectivity index (χ0) is 20.1. The van der Waals surface area contributed by atoms with E-state index < -0.39 is 5.41 Å². The van der Waals surface area contributed by atoms with Gasteiger partial charge in [0.05, 0.1) is 0 Å². The highest BCUT2D eigenvalue weighted by atomic mass is 16.2. The van der Waals surface area contributed by atoms with Crippen molar-refractivity contribution < 1.29 is 4.79 Å². The van der Waals surface area contributed by atoms with Crippen molar-refractivity contribution in [3.8, 4) is 0 Å². The van der Waals surface area contributed by atoms with Gasteiger partial charge in [0, 0.05) is 28.9 Å². The van der Waals surface area contributed by atoms with Gasteiger partial charge in [-0.05, 0) is 57.2 Å². The van der Waals surface area contributed by atoms with Crippen molar-refractivity contribution in [1.29, 1.82) is 0 Å². The normalized spacial score (nSPS) is 15.9. The maximum Gasteiger partial charge on any atom is 0.229 e. The molecule has 3 N–H and O–H groups in total. The summed E-state index contributed by atoms with van der Waals surface area (Å²) < 4.78 is 0. The summed E-state index contributed by atoms with van der Waals surface area (Å²) >= 11 is 0. The van der Waals surface area contributed by atoms with E-state index in [1.165, 1.54) is 0 Å². The molecule has 0 spiro atoms. The summed E-state index contributed by atoms with van der Waals surface area (Å²) in [5.41, 5.74) is 1.25. The number of hydrogen-bond acceptors (Lipinski definition) is 6. The maximum atomic E-state index is 12.1. The van der Waals surface area contributed by atoms with Crippen LogP contribution in [0.25, 0.3) is 0 Å². The molecule has 0 radical (unpaired) electrons. The van der Waals surface area contributed by atoms with Crippen LogP contribution in [0.2, 0.25) is 0 Å². The van der Waals surface area contributed by atoms with E-state index in [0.717, 1.165) is 48.9 Å². The molecule has 7 heteroatoms. The van der Waals surface area contributed by atoms with E-state index in [4.69, 9.17) is 0 Å². The second kappa shape index (κ2) is 8.56. The average molecular weight is 383 g/mol. The smallest absolute Gasteiger partial charge is 0.229 e. The van der Waals surface area contributed by atoms with Crippen molar-refractivity contribution in [3.05, 3.63) is 36.7 Å². The van der Waals surface area contributed by atoms with Gasteiger partial charge in [-0.1, -0.05) is 20.8 Å². The van der Waals surface area contributed by atoms with Gasteiger partial charge in [-0.2, -0.15) is 0 Å². The summed E-state index contributed by atoms with van der Waals surface area (Å²) in [5.74, 6) is 1.56. The third-order valence-corrected chi connectivity index (χ3v) is 4.83. The van der Waals surface area contributed by atoms with Crippen LogP contribution in [0.5, 0.6) is 0 Å². The molecule has 1 fully saturated rings. The monoisotopic (exact) mass is 382 g/mol. The number of carbonyl (C=O) groups is 1. The first kappa shape index (κ1) is 20.1. The second-order valence-corrected chi connectivity index (χ2v) is 8.42. The van der Waals surface area contributed by atoms with Crippen LogP contribution in [0.4, 0.5) is 23.0 Å². The van der Waals surface area contributed by atoms with Gasteiger partial charge in [0.2, 0.25) is 5.91 Å². The largest absolute Gasteiger partial charge is 0.367 e. The van der Waals surface area contributed by atoms with Gasteiger partial charge in [0.25, 0.3) is 0 Å². The number of nitrogens with one attached hydrogen (secondary N) is 3. The van der Waals surface area contributed by atoms with Crippen LogP contribution in [-0.2, 0) is 4.79 Å². The number of rotatable bonds is 5. The zero-order valence-electron chi connectivity index (χ0n) is 17.1. The standard InChI is InChI=1S/C21H30N6O/c1-21(2,3)20(28)26-16-7-5-15(6-8-16)24-18-13-19(23-14-22-18)25-17-9-11-27(4)12-10-17/h5-8,13-14,17H,9-12H2,1-4H3,(H,26,28)(H2,22,23,24,25). The van der Waals surface area contributed by atoms with E-state index in [9.17, 15) is 4.79 Å². The third-order valence-electron chi connectivity index (χ3n) is 4.83. The first-order valence-corrected chi connectivity index (χ1v) is 9.75. The molecule has 3 rings (SSSR count). The lowest BCUT2D eigenvalue weighted by Gasteiger charge is -2.29. The Hall–Kier alpha value is -2.67. The second-order valence-electron chi connectivity index (χ2n) is 8.42. The summed E-state index contributed by atoms with van der Waals surface area (Å²) in [4.78, 5) is 23.1. The highest BCUT2D eigenvalue weighted by Gasteiger charge is 2.21. The molecule has 0 atom stereocenters. The molecule has 7 nitrogen and oxygen atoms in total. The molecule has 2 aromatic rings. The minimum Gasteiger partial charge on any atom is -0.367 e. The minimum absolute atomic E-state index is 0.00590. The van der Waals surface area contributed by atoms with Gasteiger partial charge in [0.1, 0.15) is 18.0 Å². The van der Waals surface area contributed by atoms with Gasteiger partial charge in [-0.15, -0.1) is 0 Å². The van der Waals surface area contributed by atoms with E-state index >= 15 is 0 Å². The van der Waals surface area contributed by atoms with Crippen molar-refractivity contribution in [2.45, 2.75) is 39.7 Å². The highest BCUT2D eigenvalue weighted by molar-refractivity contribution is 5.94. The predicted octanol–water partition coefficient (Wildman–Crippen LogP) is 3.71. The fourth-order valence-electron chi connectivity index (χ4n) is 2.97. The van der Waals surface area contributed by atoms with E-state index in [1.54, 1.807) is 6.33 Å². The Morgan fingerprint density at radius 2 is 1.64 bits per heavy atom. The van der Waals surface area contributed by atoms with E-state index in [2.05, 4.69) is 37.9 Å². The fourth-order valence-corrected chi connectivity index (χ4v) is 2.97. The van der Waals surface area contributed by atoms with Crippen molar-refractivity contribution in [2.75, 3.05) is 36.1 Å². The van der Waals surface area contributed by atoms with Crippen LogP contribution < -0.4 is 16.0 Å². The van der Waals surface area contributed by atoms with Crippen LogP contribution in [0.15, 0.2) is 36.7 Å².